The SMILES string of the molecule is Fc1cc(F)c(NC(c2ccc(Cl)cc2)C2CC2)cc1Br. The monoisotopic (exact) mass is 371 g/mol. The van der Waals surface area contributed by atoms with E-state index in [2.05, 4.69) is 21.2 Å². The first kappa shape index (κ1) is 14.8. The van der Waals surface area contributed by atoms with Crippen LogP contribution in [0.15, 0.2) is 40.9 Å². The van der Waals surface area contributed by atoms with Crippen molar-refractivity contribution in [2.45, 2.75) is 18.9 Å². The second-order valence-corrected chi connectivity index (χ2v) is 6.55. The van der Waals surface area contributed by atoms with Crippen LogP contribution in [0.5, 0.6) is 0 Å². The molecule has 0 spiro atoms. The summed E-state index contributed by atoms with van der Waals surface area (Å²) in [5, 5.41) is 3.87. The number of benzene rings is 2. The molecule has 5 heteroatoms. The van der Waals surface area contributed by atoms with E-state index in [1.54, 1.807) is 0 Å². The van der Waals surface area contributed by atoms with E-state index in [9.17, 15) is 8.78 Å². The fraction of sp³-hybridized carbons (Fsp3) is 0.250. The van der Waals surface area contributed by atoms with E-state index in [1.807, 2.05) is 24.3 Å². The van der Waals surface area contributed by atoms with E-state index in [0.717, 1.165) is 24.5 Å². The molecule has 0 amide bonds. The van der Waals surface area contributed by atoms with Crippen molar-refractivity contribution in [2.75, 3.05) is 5.32 Å². The van der Waals surface area contributed by atoms with Crippen molar-refractivity contribution in [3.63, 3.8) is 0 Å². The Kier molecular flexibility index (Phi) is 4.18. The Bertz CT molecular complexity index is 656. The molecular formula is C16H13BrClF2N. The molecule has 1 nitrogen and oxygen atoms in total. The number of hydrogen-bond donors (Lipinski definition) is 1. The lowest BCUT2D eigenvalue weighted by molar-refractivity contribution is 0.576. The zero-order valence-electron chi connectivity index (χ0n) is 11.0. The third kappa shape index (κ3) is 3.38. The van der Waals surface area contributed by atoms with Crippen LogP contribution < -0.4 is 5.32 Å². The molecule has 0 aliphatic heterocycles. The lowest BCUT2D eigenvalue weighted by Crippen LogP contribution is -2.14. The minimum absolute atomic E-state index is 0.00845. The van der Waals surface area contributed by atoms with E-state index < -0.39 is 11.6 Å². The van der Waals surface area contributed by atoms with Crippen LogP contribution in [0.1, 0.15) is 24.4 Å². The van der Waals surface area contributed by atoms with Crippen LogP contribution in [-0.2, 0) is 0 Å². The van der Waals surface area contributed by atoms with Crippen LogP contribution in [0.4, 0.5) is 14.5 Å². The third-order valence-corrected chi connectivity index (χ3v) is 4.50. The Hall–Kier alpha value is -1.13. The molecule has 1 atom stereocenters. The third-order valence-electron chi connectivity index (χ3n) is 3.64. The zero-order chi connectivity index (χ0) is 15.0. The van der Waals surface area contributed by atoms with Gasteiger partial charge in [-0.2, -0.15) is 0 Å². The Balaban J connectivity index is 1.89. The summed E-state index contributed by atoms with van der Waals surface area (Å²) in [6.45, 7) is 0. The van der Waals surface area contributed by atoms with Crippen molar-refractivity contribution >= 4 is 33.2 Å². The van der Waals surface area contributed by atoms with Gasteiger partial charge in [0.1, 0.15) is 11.6 Å². The molecule has 2 aromatic rings. The molecule has 1 saturated carbocycles. The summed E-state index contributed by atoms with van der Waals surface area (Å²) in [5.74, 6) is -0.725. The average molecular weight is 373 g/mol. The molecule has 0 bridgehead atoms. The van der Waals surface area contributed by atoms with Crippen LogP contribution in [-0.4, -0.2) is 0 Å². The second-order valence-electron chi connectivity index (χ2n) is 5.26. The maximum atomic E-state index is 13.9. The summed E-state index contributed by atoms with van der Waals surface area (Å²) in [4.78, 5) is 0. The van der Waals surface area contributed by atoms with Gasteiger partial charge in [-0.1, -0.05) is 23.7 Å². The molecule has 3 rings (SSSR count). The highest BCUT2D eigenvalue weighted by atomic mass is 79.9. The summed E-state index contributed by atoms with van der Waals surface area (Å²) in [5.41, 5.74) is 1.36. The van der Waals surface area contributed by atoms with Crippen LogP contribution in [0.3, 0.4) is 0 Å². The molecule has 0 heterocycles. The molecule has 110 valence electrons. The summed E-state index contributed by atoms with van der Waals surface area (Å²) in [6, 6.07) is 9.86. The van der Waals surface area contributed by atoms with Crippen LogP contribution in [0.2, 0.25) is 5.02 Å². The molecule has 1 N–H and O–H groups in total. The van der Waals surface area contributed by atoms with Gasteiger partial charge in [-0.05, 0) is 58.5 Å². The largest absolute Gasteiger partial charge is 0.376 e. The van der Waals surface area contributed by atoms with Gasteiger partial charge in [0.2, 0.25) is 0 Å². The Morgan fingerprint density at radius 1 is 1.10 bits per heavy atom. The molecule has 1 fully saturated rings. The van der Waals surface area contributed by atoms with Gasteiger partial charge in [0.15, 0.2) is 0 Å². The van der Waals surface area contributed by atoms with Crippen LogP contribution in [0.25, 0.3) is 0 Å². The maximum absolute atomic E-state index is 13.9. The minimum atomic E-state index is -0.604. The van der Waals surface area contributed by atoms with E-state index in [4.69, 9.17) is 11.6 Å². The van der Waals surface area contributed by atoms with Crippen molar-refractivity contribution in [1.82, 2.24) is 0 Å². The van der Waals surface area contributed by atoms with Gasteiger partial charge in [-0.25, -0.2) is 8.78 Å². The van der Waals surface area contributed by atoms with Gasteiger partial charge in [-0.3, -0.25) is 0 Å². The number of rotatable bonds is 4. The number of hydrogen-bond acceptors (Lipinski definition) is 1. The van der Waals surface area contributed by atoms with Crippen LogP contribution >= 0.6 is 27.5 Å². The summed E-state index contributed by atoms with van der Waals surface area (Å²) in [6.07, 6.45) is 2.20. The number of anilines is 1. The fourth-order valence-electron chi connectivity index (χ4n) is 2.37. The van der Waals surface area contributed by atoms with E-state index in [1.165, 1.54) is 6.07 Å². The highest BCUT2D eigenvalue weighted by Gasteiger charge is 2.32. The topological polar surface area (TPSA) is 12.0 Å². The van der Waals surface area contributed by atoms with Crippen molar-refractivity contribution in [3.05, 3.63) is 63.1 Å². The Labute approximate surface area is 135 Å². The van der Waals surface area contributed by atoms with Crippen molar-refractivity contribution in [3.8, 4) is 0 Å². The molecular weight excluding hydrogens is 360 g/mol. The van der Waals surface area contributed by atoms with Gasteiger partial charge < -0.3 is 5.32 Å². The smallest absolute Gasteiger partial charge is 0.149 e. The first-order chi connectivity index (χ1) is 10.0. The maximum Gasteiger partial charge on any atom is 0.149 e. The van der Waals surface area contributed by atoms with Crippen molar-refractivity contribution in [2.24, 2.45) is 5.92 Å². The number of halogens is 4. The second kappa shape index (κ2) is 5.93. The zero-order valence-corrected chi connectivity index (χ0v) is 13.4. The van der Waals surface area contributed by atoms with Gasteiger partial charge >= 0.3 is 0 Å². The van der Waals surface area contributed by atoms with E-state index in [-0.39, 0.29) is 10.5 Å². The summed E-state index contributed by atoms with van der Waals surface area (Å²) < 4.78 is 27.5. The molecule has 0 radical (unpaired) electrons. The minimum Gasteiger partial charge on any atom is -0.376 e. The van der Waals surface area contributed by atoms with Crippen molar-refractivity contribution < 1.29 is 8.78 Å². The predicted octanol–water partition coefficient (Wildman–Crippen LogP) is 5.94. The van der Waals surface area contributed by atoms with E-state index in [0.29, 0.717) is 16.6 Å². The lowest BCUT2D eigenvalue weighted by Gasteiger charge is -2.21. The molecule has 0 aromatic heterocycles. The first-order valence-electron chi connectivity index (χ1n) is 6.71. The predicted molar refractivity (Wildman–Crippen MR) is 84.6 cm³/mol. The molecule has 21 heavy (non-hydrogen) atoms. The quantitative estimate of drug-likeness (QED) is 0.655. The number of nitrogens with one attached hydrogen (secondary N) is 1. The standard InChI is InChI=1S/C16H13BrClF2N/c17-12-7-15(14(20)8-13(12)19)21-16(9-1-2-9)10-3-5-11(18)6-4-10/h3-9,16,21H,1-2H2. The molecule has 0 saturated heterocycles. The molecule has 1 aliphatic rings. The molecule has 1 unspecified atom stereocenters. The first-order valence-corrected chi connectivity index (χ1v) is 7.88. The lowest BCUT2D eigenvalue weighted by atomic mass is 10.0. The summed E-state index contributed by atoms with van der Waals surface area (Å²) >= 11 is 9.00. The van der Waals surface area contributed by atoms with E-state index >= 15 is 0 Å². The van der Waals surface area contributed by atoms with Gasteiger partial charge in [0, 0.05) is 11.1 Å². The normalized spacial score (nSPS) is 15.8. The summed E-state index contributed by atoms with van der Waals surface area (Å²) in [7, 11) is 0. The fourth-order valence-corrected chi connectivity index (χ4v) is 2.84. The van der Waals surface area contributed by atoms with Gasteiger partial charge in [0.25, 0.3) is 0 Å². The molecule has 1 aliphatic carbocycles. The molecule has 2 aromatic carbocycles. The van der Waals surface area contributed by atoms with Gasteiger partial charge in [-0.15, -0.1) is 0 Å². The average Bonchev–Trinajstić information content (AvgIpc) is 3.27. The van der Waals surface area contributed by atoms with Gasteiger partial charge in [0.05, 0.1) is 16.2 Å². The highest BCUT2D eigenvalue weighted by molar-refractivity contribution is 9.10. The van der Waals surface area contributed by atoms with Crippen LogP contribution in [0, 0.1) is 17.6 Å². The highest BCUT2D eigenvalue weighted by Crippen LogP contribution is 2.43. The Morgan fingerprint density at radius 3 is 2.38 bits per heavy atom. The Morgan fingerprint density at radius 2 is 1.76 bits per heavy atom. The van der Waals surface area contributed by atoms with Crippen molar-refractivity contribution in [1.29, 1.82) is 0 Å².